The highest BCUT2D eigenvalue weighted by Gasteiger charge is 2.34. The zero-order valence-corrected chi connectivity index (χ0v) is 9.54. The van der Waals surface area contributed by atoms with E-state index in [-0.39, 0.29) is 18.0 Å². The maximum Gasteiger partial charge on any atom is 0.240 e. The van der Waals surface area contributed by atoms with Gasteiger partial charge in [-0.25, -0.2) is 4.98 Å². The van der Waals surface area contributed by atoms with Crippen LogP contribution in [0.3, 0.4) is 0 Å². The van der Waals surface area contributed by atoms with Gasteiger partial charge in [0, 0.05) is 18.1 Å². The number of amides is 1. The van der Waals surface area contributed by atoms with Crippen LogP contribution in [0, 0.1) is 0 Å². The average Bonchev–Trinajstić information content (AvgIpc) is 2.84. The van der Waals surface area contributed by atoms with Crippen LogP contribution in [0.15, 0.2) is 11.6 Å². The molecule has 0 radical (unpaired) electrons. The molecule has 4 nitrogen and oxygen atoms in total. The first-order valence-electron chi connectivity index (χ1n) is 5.19. The Hall–Kier alpha value is -0.940. The van der Waals surface area contributed by atoms with Gasteiger partial charge in [0.25, 0.3) is 0 Å². The molecule has 0 bridgehead atoms. The van der Waals surface area contributed by atoms with Gasteiger partial charge < -0.3 is 10.6 Å². The Bertz CT molecular complexity index is 338. The van der Waals surface area contributed by atoms with Crippen molar-refractivity contribution in [1.82, 2.24) is 9.88 Å². The van der Waals surface area contributed by atoms with Gasteiger partial charge in [-0.2, -0.15) is 0 Å². The summed E-state index contributed by atoms with van der Waals surface area (Å²) >= 11 is 1.60. The van der Waals surface area contributed by atoms with Crippen LogP contribution in [0.4, 0.5) is 0 Å². The van der Waals surface area contributed by atoms with Crippen molar-refractivity contribution < 1.29 is 4.79 Å². The van der Waals surface area contributed by atoms with Crippen molar-refractivity contribution in [3.8, 4) is 0 Å². The molecule has 5 heteroatoms. The van der Waals surface area contributed by atoms with Crippen molar-refractivity contribution >= 4 is 17.2 Å². The summed E-state index contributed by atoms with van der Waals surface area (Å²) in [7, 11) is 0. The molecule has 2 heterocycles. The monoisotopic (exact) mass is 225 g/mol. The SMILES string of the molecule is CCC(c1nccs1)N1CCC(N)C1=O. The smallest absolute Gasteiger partial charge is 0.240 e. The van der Waals surface area contributed by atoms with Crippen molar-refractivity contribution in [1.29, 1.82) is 0 Å². The first kappa shape index (κ1) is 10.6. The number of hydrogen-bond donors (Lipinski definition) is 1. The van der Waals surface area contributed by atoms with Gasteiger partial charge in [0.2, 0.25) is 5.91 Å². The molecular formula is C10H15N3OS. The highest BCUT2D eigenvalue weighted by molar-refractivity contribution is 7.09. The lowest BCUT2D eigenvalue weighted by molar-refractivity contribution is -0.130. The van der Waals surface area contributed by atoms with Crippen molar-refractivity contribution in [2.75, 3.05) is 6.54 Å². The fraction of sp³-hybridized carbons (Fsp3) is 0.600. The normalized spacial score (nSPS) is 23.5. The molecule has 1 amide bonds. The average molecular weight is 225 g/mol. The highest BCUT2D eigenvalue weighted by Crippen LogP contribution is 2.29. The van der Waals surface area contributed by atoms with E-state index in [4.69, 9.17) is 5.73 Å². The summed E-state index contributed by atoms with van der Waals surface area (Å²) in [5.74, 6) is 0.0667. The molecule has 0 aliphatic carbocycles. The maximum atomic E-state index is 11.8. The molecule has 1 aromatic heterocycles. The largest absolute Gasteiger partial charge is 0.332 e. The van der Waals surface area contributed by atoms with Gasteiger partial charge in [-0.1, -0.05) is 6.92 Å². The van der Waals surface area contributed by atoms with E-state index >= 15 is 0 Å². The fourth-order valence-corrected chi connectivity index (χ4v) is 2.80. The van der Waals surface area contributed by atoms with E-state index in [1.54, 1.807) is 17.5 Å². The van der Waals surface area contributed by atoms with E-state index in [1.807, 2.05) is 10.3 Å². The summed E-state index contributed by atoms with van der Waals surface area (Å²) in [4.78, 5) is 17.9. The quantitative estimate of drug-likeness (QED) is 0.839. The second-order valence-corrected chi connectivity index (χ2v) is 4.65. The van der Waals surface area contributed by atoms with E-state index in [1.165, 1.54) is 0 Å². The van der Waals surface area contributed by atoms with Crippen LogP contribution >= 0.6 is 11.3 Å². The zero-order valence-electron chi connectivity index (χ0n) is 8.72. The number of thiazole rings is 1. The number of nitrogens with zero attached hydrogens (tertiary/aromatic N) is 2. The molecule has 2 N–H and O–H groups in total. The first-order chi connectivity index (χ1) is 7.24. The Balaban J connectivity index is 2.18. The van der Waals surface area contributed by atoms with E-state index in [0.29, 0.717) is 0 Å². The minimum atomic E-state index is -0.306. The third-order valence-corrected chi connectivity index (χ3v) is 3.66. The molecule has 1 fully saturated rings. The van der Waals surface area contributed by atoms with Crippen LogP contribution in [-0.4, -0.2) is 28.4 Å². The predicted octanol–water partition coefficient (Wildman–Crippen LogP) is 1.15. The van der Waals surface area contributed by atoms with Gasteiger partial charge in [-0.05, 0) is 12.8 Å². The Morgan fingerprint density at radius 1 is 1.80 bits per heavy atom. The summed E-state index contributed by atoms with van der Waals surface area (Å²) in [5, 5.41) is 2.96. The topological polar surface area (TPSA) is 59.2 Å². The Morgan fingerprint density at radius 2 is 2.60 bits per heavy atom. The minimum Gasteiger partial charge on any atom is -0.332 e. The number of aromatic nitrogens is 1. The van der Waals surface area contributed by atoms with E-state index in [0.717, 1.165) is 24.4 Å². The number of rotatable bonds is 3. The molecule has 1 saturated heterocycles. The number of nitrogens with two attached hydrogens (primary N) is 1. The summed E-state index contributed by atoms with van der Waals surface area (Å²) in [6, 6.07) is -0.190. The Morgan fingerprint density at radius 3 is 3.07 bits per heavy atom. The zero-order chi connectivity index (χ0) is 10.8. The first-order valence-corrected chi connectivity index (χ1v) is 6.07. The molecule has 2 rings (SSSR count). The molecule has 1 aromatic rings. The minimum absolute atomic E-state index is 0.0667. The highest BCUT2D eigenvalue weighted by atomic mass is 32.1. The van der Waals surface area contributed by atoms with Gasteiger partial charge >= 0.3 is 0 Å². The van der Waals surface area contributed by atoms with Gasteiger partial charge in [0.1, 0.15) is 5.01 Å². The van der Waals surface area contributed by atoms with Crippen LogP contribution in [0.5, 0.6) is 0 Å². The summed E-state index contributed by atoms with van der Waals surface area (Å²) in [5.41, 5.74) is 5.71. The second kappa shape index (κ2) is 4.28. The summed E-state index contributed by atoms with van der Waals surface area (Å²) in [6.45, 7) is 2.83. The molecule has 82 valence electrons. The molecule has 2 atom stereocenters. The van der Waals surface area contributed by atoms with Gasteiger partial charge in [0.05, 0.1) is 12.1 Å². The lowest BCUT2D eigenvalue weighted by Crippen LogP contribution is -2.36. The molecule has 1 aliphatic heterocycles. The Labute approximate surface area is 93.1 Å². The molecule has 0 aromatic carbocycles. The van der Waals surface area contributed by atoms with Crippen LogP contribution in [0.2, 0.25) is 0 Å². The van der Waals surface area contributed by atoms with E-state index in [2.05, 4.69) is 11.9 Å². The molecule has 0 saturated carbocycles. The third kappa shape index (κ3) is 1.89. The van der Waals surface area contributed by atoms with Crippen molar-refractivity contribution in [3.05, 3.63) is 16.6 Å². The predicted molar refractivity (Wildman–Crippen MR) is 59.5 cm³/mol. The number of hydrogen-bond acceptors (Lipinski definition) is 4. The van der Waals surface area contributed by atoms with Gasteiger partial charge in [-0.15, -0.1) is 11.3 Å². The second-order valence-electron chi connectivity index (χ2n) is 3.72. The van der Waals surface area contributed by atoms with Crippen LogP contribution in [-0.2, 0) is 4.79 Å². The number of carbonyl (C=O) groups excluding carboxylic acids is 1. The summed E-state index contributed by atoms with van der Waals surface area (Å²) in [6.07, 6.45) is 3.44. The van der Waals surface area contributed by atoms with Gasteiger partial charge in [-0.3, -0.25) is 4.79 Å². The van der Waals surface area contributed by atoms with Crippen LogP contribution in [0.25, 0.3) is 0 Å². The van der Waals surface area contributed by atoms with Crippen molar-refractivity contribution in [2.45, 2.75) is 31.8 Å². The van der Waals surface area contributed by atoms with Crippen molar-refractivity contribution in [3.63, 3.8) is 0 Å². The van der Waals surface area contributed by atoms with Crippen LogP contribution < -0.4 is 5.73 Å². The number of likely N-dealkylation sites (tertiary alicyclic amines) is 1. The Kier molecular flexibility index (Phi) is 3.02. The number of carbonyl (C=O) groups is 1. The third-order valence-electron chi connectivity index (χ3n) is 2.78. The van der Waals surface area contributed by atoms with E-state index < -0.39 is 0 Å². The van der Waals surface area contributed by atoms with Crippen molar-refractivity contribution in [2.24, 2.45) is 5.73 Å². The summed E-state index contributed by atoms with van der Waals surface area (Å²) < 4.78 is 0. The molecule has 0 spiro atoms. The van der Waals surface area contributed by atoms with Gasteiger partial charge in [0.15, 0.2) is 0 Å². The van der Waals surface area contributed by atoms with Crippen LogP contribution in [0.1, 0.15) is 30.8 Å². The standard InChI is InChI=1S/C10H15N3OS/c1-2-8(9-12-4-6-15-9)13-5-3-7(11)10(13)14/h4,6-8H,2-3,5,11H2,1H3. The molecule has 2 unspecified atom stereocenters. The fourth-order valence-electron chi connectivity index (χ4n) is 1.96. The lowest BCUT2D eigenvalue weighted by Gasteiger charge is -2.25. The molecular weight excluding hydrogens is 210 g/mol. The van der Waals surface area contributed by atoms with E-state index in [9.17, 15) is 4.79 Å². The lowest BCUT2D eigenvalue weighted by atomic mass is 10.2. The molecule has 1 aliphatic rings. The molecule has 15 heavy (non-hydrogen) atoms. The maximum absolute atomic E-state index is 11.8.